The molecule has 0 saturated carbocycles. The Hall–Kier alpha value is -2.24. The second-order valence-electron chi connectivity index (χ2n) is 5.88. The Morgan fingerprint density at radius 2 is 2.00 bits per heavy atom. The minimum absolute atomic E-state index is 0.300. The van der Waals surface area contributed by atoms with E-state index in [-0.39, 0.29) is 0 Å². The molecule has 2 aromatic carbocycles. The van der Waals surface area contributed by atoms with Gasteiger partial charge in [0.15, 0.2) is 0 Å². The molecule has 3 rings (SSSR count). The molecule has 0 fully saturated rings. The second-order valence-corrected chi connectivity index (χ2v) is 5.88. The van der Waals surface area contributed by atoms with Crippen LogP contribution >= 0.6 is 0 Å². The van der Waals surface area contributed by atoms with E-state index in [0.717, 1.165) is 23.9 Å². The van der Waals surface area contributed by atoms with E-state index in [0.29, 0.717) is 12.6 Å². The van der Waals surface area contributed by atoms with E-state index in [4.69, 9.17) is 0 Å². The van der Waals surface area contributed by atoms with Crippen LogP contribution in [-0.4, -0.2) is 32.5 Å². The molecule has 0 aliphatic heterocycles. The van der Waals surface area contributed by atoms with Crippen LogP contribution in [0, 0.1) is 0 Å². The molecule has 5 nitrogen and oxygen atoms in total. The maximum atomic E-state index is 10.4. The van der Waals surface area contributed by atoms with Gasteiger partial charge in [-0.3, -0.25) is 4.68 Å². The standard InChI is InChI=1S/C18H22N4O/c1-14(8-9-22-13-19-12-21-22)20-11-18(23)17-7-6-15-4-2-3-5-16(15)10-17/h2-7,10,12-14,18,20,23H,8-9,11H2,1H3. The van der Waals surface area contributed by atoms with Crippen LogP contribution in [0.5, 0.6) is 0 Å². The molecule has 2 N–H and O–H groups in total. The molecule has 0 spiro atoms. The molecule has 23 heavy (non-hydrogen) atoms. The summed E-state index contributed by atoms with van der Waals surface area (Å²) in [7, 11) is 0. The third-order valence-corrected chi connectivity index (χ3v) is 4.08. The van der Waals surface area contributed by atoms with Crippen molar-refractivity contribution >= 4 is 10.8 Å². The number of aromatic nitrogens is 3. The summed E-state index contributed by atoms with van der Waals surface area (Å²) in [6.45, 7) is 3.47. The highest BCUT2D eigenvalue weighted by Crippen LogP contribution is 2.20. The molecule has 2 atom stereocenters. The van der Waals surface area contributed by atoms with Gasteiger partial charge < -0.3 is 10.4 Å². The Morgan fingerprint density at radius 1 is 1.17 bits per heavy atom. The summed E-state index contributed by atoms with van der Waals surface area (Å²) in [5, 5.41) is 20.2. The number of nitrogens with zero attached hydrogens (tertiary/aromatic N) is 3. The number of hydrogen-bond donors (Lipinski definition) is 2. The fraction of sp³-hybridized carbons (Fsp3) is 0.333. The summed E-state index contributed by atoms with van der Waals surface area (Å²) in [6.07, 6.45) is 3.69. The van der Waals surface area contributed by atoms with Crippen LogP contribution < -0.4 is 5.32 Å². The first-order chi connectivity index (χ1) is 11.2. The minimum atomic E-state index is -0.506. The predicted octanol–water partition coefficient (Wildman–Crippen LogP) is 2.53. The van der Waals surface area contributed by atoms with Gasteiger partial charge in [0.1, 0.15) is 12.7 Å². The zero-order valence-electron chi connectivity index (χ0n) is 13.3. The number of hydrogen-bond acceptors (Lipinski definition) is 4. The molecule has 0 aliphatic rings. The van der Waals surface area contributed by atoms with Crippen LogP contribution in [0.3, 0.4) is 0 Å². The molecule has 0 saturated heterocycles. The smallest absolute Gasteiger partial charge is 0.137 e. The van der Waals surface area contributed by atoms with E-state index in [9.17, 15) is 5.11 Å². The largest absolute Gasteiger partial charge is 0.387 e. The van der Waals surface area contributed by atoms with E-state index in [2.05, 4.69) is 46.6 Å². The lowest BCUT2D eigenvalue weighted by Crippen LogP contribution is -2.31. The topological polar surface area (TPSA) is 63.0 Å². The van der Waals surface area contributed by atoms with Crippen molar-refractivity contribution in [3.8, 4) is 0 Å². The molecule has 5 heteroatoms. The number of aliphatic hydroxyl groups excluding tert-OH is 1. The lowest BCUT2D eigenvalue weighted by molar-refractivity contribution is 0.169. The fourth-order valence-corrected chi connectivity index (χ4v) is 2.62. The molecular weight excluding hydrogens is 288 g/mol. The van der Waals surface area contributed by atoms with Crippen LogP contribution in [0.25, 0.3) is 10.8 Å². The average molecular weight is 310 g/mol. The van der Waals surface area contributed by atoms with Crippen molar-refractivity contribution in [2.24, 2.45) is 0 Å². The third kappa shape index (κ3) is 4.15. The Balaban J connectivity index is 1.52. The zero-order chi connectivity index (χ0) is 16.1. The van der Waals surface area contributed by atoms with Gasteiger partial charge in [-0.05, 0) is 35.7 Å². The summed E-state index contributed by atoms with van der Waals surface area (Å²) in [4.78, 5) is 3.93. The minimum Gasteiger partial charge on any atom is -0.387 e. The van der Waals surface area contributed by atoms with Gasteiger partial charge in [0.2, 0.25) is 0 Å². The predicted molar refractivity (Wildman–Crippen MR) is 91.0 cm³/mol. The van der Waals surface area contributed by atoms with Crippen LogP contribution in [0.15, 0.2) is 55.1 Å². The molecule has 0 amide bonds. The van der Waals surface area contributed by atoms with Crippen LogP contribution in [-0.2, 0) is 6.54 Å². The van der Waals surface area contributed by atoms with Crippen molar-refractivity contribution in [2.75, 3.05) is 6.54 Å². The van der Waals surface area contributed by atoms with Gasteiger partial charge in [-0.1, -0.05) is 36.4 Å². The van der Waals surface area contributed by atoms with Crippen LogP contribution in [0.4, 0.5) is 0 Å². The number of fused-ring (bicyclic) bond motifs is 1. The van der Waals surface area contributed by atoms with Crippen molar-refractivity contribution in [3.63, 3.8) is 0 Å². The fourth-order valence-electron chi connectivity index (χ4n) is 2.62. The Morgan fingerprint density at radius 3 is 2.78 bits per heavy atom. The molecule has 1 aromatic heterocycles. The van der Waals surface area contributed by atoms with E-state index in [1.165, 1.54) is 5.39 Å². The van der Waals surface area contributed by atoms with Gasteiger partial charge in [0, 0.05) is 19.1 Å². The summed E-state index contributed by atoms with van der Waals surface area (Å²) < 4.78 is 1.82. The van der Waals surface area contributed by atoms with E-state index < -0.39 is 6.10 Å². The lowest BCUT2D eigenvalue weighted by atomic mass is 10.0. The Labute approximate surface area is 136 Å². The normalized spacial score (nSPS) is 14.0. The van der Waals surface area contributed by atoms with Crippen molar-refractivity contribution in [1.82, 2.24) is 20.1 Å². The number of benzene rings is 2. The van der Waals surface area contributed by atoms with Gasteiger partial charge >= 0.3 is 0 Å². The summed E-state index contributed by atoms with van der Waals surface area (Å²) in [6, 6.07) is 14.6. The number of nitrogens with one attached hydrogen (secondary N) is 1. The van der Waals surface area contributed by atoms with Gasteiger partial charge in [0.05, 0.1) is 6.10 Å². The van der Waals surface area contributed by atoms with Crippen molar-refractivity contribution in [2.45, 2.75) is 32.0 Å². The quantitative estimate of drug-likeness (QED) is 0.704. The first-order valence-corrected chi connectivity index (χ1v) is 7.95. The van der Waals surface area contributed by atoms with Gasteiger partial charge in [-0.25, -0.2) is 4.98 Å². The number of rotatable bonds is 7. The molecule has 0 radical (unpaired) electrons. The monoisotopic (exact) mass is 310 g/mol. The Kier molecular flexibility index (Phi) is 5.00. The van der Waals surface area contributed by atoms with E-state index >= 15 is 0 Å². The van der Waals surface area contributed by atoms with Crippen molar-refractivity contribution in [1.29, 1.82) is 0 Å². The highest BCUT2D eigenvalue weighted by molar-refractivity contribution is 5.83. The highest BCUT2D eigenvalue weighted by atomic mass is 16.3. The average Bonchev–Trinajstić information content (AvgIpc) is 3.11. The second kappa shape index (κ2) is 7.35. The lowest BCUT2D eigenvalue weighted by Gasteiger charge is -2.17. The molecule has 3 aromatic rings. The van der Waals surface area contributed by atoms with Gasteiger partial charge in [-0.2, -0.15) is 5.10 Å². The van der Waals surface area contributed by atoms with Crippen molar-refractivity contribution in [3.05, 3.63) is 60.7 Å². The maximum Gasteiger partial charge on any atom is 0.137 e. The number of aryl methyl sites for hydroxylation is 1. The summed E-state index contributed by atoms with van der Waals surface area (Å²) >= 11 is 0. The SMILES string of the molecule is CC(CCn1cncn1)NCC(O)c1ccc2ccccc2c1. The van der Waals surface area contributed by atoms with Gasteiger partial charge in [-0.15, -0.1) is 0 Å². The highest BCUT2D eigenvalue weighted by Gasteiger charge is 2.10. The maximum absolute atomic E-state index is 10.4. The molecular formula is C18H22N4O. The first kappa shape index (κ1) is 15.6. The first-order valence-electron chi connectivity index (χ1n) is 7.95. The molecule has 0 aliphatic carbocycles. The van der Waals surface area contributed by atoms with E-state index in [1.54, 1.807) is 12.7 Å². The summed E-state index contributed by atoms with van der Waals surface area (Å²) in [5.41, 5.74) is 0.944. The molecule has 120 valence electrons. The number of aliphatic hydroxyl groups is 1. The summed E-state index contributed by atoms with van der Waals surface area (Å²) in [5.74, 6) is 0. The van der Waals surface area contributed by atoms with Crippen LogP contribution in [0.1, 0.15) is 25.0 Å². The van der Waals surface area contributed by atoms with Gasteiger partial charge in [0.25, 0.3) is 0 Å². The molecule has 0 bridgehead atoms. The zero-order valence-corrected chi connectivity index (χ0v) is 13.3. The third-order valence-electron chi connectivity index (χ3n) is 4.08. The van der Waals surface area contributed by atoms with E-state index in [1.807, 2.05) is 22.9 Å². The molecule has 1 heterocycles. The molecule has 2 unspecified atom stereocenters. The van der Waals surface area contributed by atoms with Crippen molar-refractivity contribution < 1.29 is 5.11 Å². The van der Waals surface area contributed by atoms with Crippen LogP contribution in [0.2, 0.25) is 0 Å². The Bertz CT molecular complexity index is 742.